The van der Waals surface area contributed by atoms with E-state index in [2.05, 4.69) is 41.1 Å². The summed E-state index contributed by atoms with van der Waals surface area (Å²) in [5.41, 5.74) is 2.94. The number of fused-ring (bicyclic) bond motifs is 5. The first-order chi connectivity index (χ1) is 13.2. The molecule has 0 aromatic rings. The molecule has 28 heavy (non-hydrogen) atoms. The summed E-state index contributed by atoms with van der Waals surface area (Å²) in [7, 11) is 7.63. The van der Waals surface area contributed by atoms with E-state index in [0.717, 1.165) is 23.8 Å². The largest absolute Gasteiger partial charge is 0.324 e. The van der Waals surface area contributed by atoms with E-state index in [9.17, 15) is 0 Å². The average Bonchev–Trinajstić information content (AvgIpc) is 3.09. The summed E-state index contributed by atoms with van der Waals surface area (Å²) in [5, 5.41) is 0. The standard InChI is InChI=1S/C26H46N2/c1-25-14-12-21(28(5)17-6-7-18-28)19-20(25)10-11-22-23(25)13-15-26(2)24(22)9-8-16-27(26,3)4/h10,21-24H,6-9,11-19H2,1-5H3/q+2/t21-,22-,23-,24+,25-,26+/m1/s1. The Balaban J connectivity index is 1.42. The van der Waals surface area contributed by atoms with Crippen LogP contribution in [0.1, 0.15) is 78.1 Å². The average molecular weight is 387 g/mol. The van der Waals surface area contributed by atoms with Crippen LogP contribution < -0.4 is 0 Å². The molecule has 4 fully saturated rings. The molecule has 0 N–H and O–H groups in total. The second kappa shape index (κ2) is 6.33. The molecule has 0 spiro atoms. The van der Waals surface area contributed by atoms with Gasteiger partial charge in [0.1, 0.15) is 0 Å². The Hall–Kier alpha value is -0.340. The van der Waals surface area contributed by atoms with E-state index < -0.39 is 0 Å². The van der Waals surface area contributed by atoms with Crippen LogP contribution in [0.3, 0.4) is 0 Å². The van der Waals surface area contributed by atoms with Crippen molar-refractivity contribution in [2.24, 2.45) is 23.2 Å². The first-order valence-electron chi connectivity index (χ1n) is 12.6. The molecule has 2 nitrogen and oxygen atoms in total. The highest BCUT2D eigenvalue weighted by molar-refractivity contribution is 5.25. The second-order valence-corrected chi connectivity index (χ2v) is 12.7. The molecule has 0 aromatic heterocycles. The van der Waals surface area contributed by atoms with Gasteiger partial charge in [-0.2, -0.15) is 0 Å². The normalized spacial score (nSPS) is 49.5. The van der Waals surface area contributed by atoms with E-state index >= 15 is 0 Å². The minimum Gasteiger partial charge on any atom is -0.324 e. The lowest BCUT2D eigenvalue weighted by Crippen LogP contribution is -2.69. The third-order valence-electron chi connectivity index (χ3n) is 11.5. The van der Waals surface area contributed by atoms with Gasteiger partial charge >= 0.3 is 0 Å². The van der Waals surface area contributed by atoms with Crippen LogP contribution in [0, 0.1) is 23.2 Å². The molecule has 5 rings (SSSR count). The van der Waals surface area contributed by atoms with Crippen molar-refractivity contribution in [1.29, 1.82) is 0 Å². The zero-order valence-electron chi connectivity index (χ0n) is 19.5. The fraction of sp³-hybridized carbons (Fsp3) is 0.923. The highest BCUT2D eigenvalue weighted by atomic mass is 15.4. The smallest absolute Gasteiger partial charge is 0.0991 e. The molecule has 2 saturated heterocycles. The quantitative estimate of drug-likeness (QED) is 0.419. The first kappa shape index (κ1) is 19.6. The molecular formula is C26H46N2+2. The fourth-order valence-corrected chi connectivity index (χ4v) is 9.14. The van der Waals surface area contributed by atoms with Crippen LogP contribution >= 0.6 is 0 Å². The van der Waals surface area contributed by atoms with Gasteiger partial charge in [0.2, 0.25) is 0 Å². The number of hydrogen-bond donors (Lipinski definition) is 0. The number of allylic oxidation sites excluding steroid dienone is 1. The van der Waals surface area contributed by atoms with Gasteiger partial charge in [-0.3, -0.25) is 0 Å². The predicted octanol–water partition coefficient (Wildman–Crippen LogP) is 5.39. The molecule has 158 valence electrons. The molecule has 3 aliphatic carbocycles. The summed E-state index contributed by atoms with van der Waals surface area (Å²) in [6, 6.07) is 0.914. The first-order valence-corrected chi connectivity index (χ1v) is 12.6. The Morgan fingerprint density at radius 3 is 2.36 bits per heavy atom. The van der Waals surface area contributed by atoms with E-state index in [-0.39, 0.29) is 0 Å². The van der Waals surface area contributed by atoms with Crippen molar-refractivity contribution >= 4 is 0 Å². The Labute approximate surface area is 174 Å². The number of likely N-dealkylation sites (tertiary alicyclic amines) is 2. The Bertz CT molecular complexity index is 657. The molecule has 0 aromatic carbocycles. The molecular weight excluding hydrogens is 340 g/mol. The van der Waals surface area contributed by atoms with Gasteiger partial charge in [0, 0.05) is 38.0 Å². The Morgan fingerprint density at radius 1 is 0.857 bits per heavy atom. The van der Waals surface area contributed by atoms with Crippen LogP contribution in [0.2, 0.25) is 0 Å². The van der Waals surface area contributed by atoms with Crippen LogP contribution in [-0.2, 0) is 0 Å². The van der Waals surface area contributed by atoms with E-state index in [1.807, 2.05) is 5.57 Å². The molecule has 2 saturated carbocycles. The molecule has 6 atom stereocenters. The summed E-state index contributed by atoms with van der Waals surface area (Å²) in [6.45, 7) is 9.62. The molecule has 5 aliphatic rings. The van der Waals surface area contributed by atoms with Crippen LogP contribution in [0.15, 0.2) is 11.6 Å². The maximum absolute atomic E-state index is 2.79. The van der Waals surface area contributed by atoms with E-state index in [0.29, 0.717) is 11.0 Å². The second-order valence-electron chi connectivity index (χ2n) is 12.7. The lowest BCUT2D eigenvalue weighted by atomic mass is 9.47. The zero-order chi connectivity index (χ0) is 19.8. The van der Waals surface area contributed by atoms with Gasteiger partial charge in [-0.05, 0) is 56.3 Å². The van der Waals surface area contributed by atoms with Crippen molar-refractivity contribution in [3.05, 3.63) is 11.6 Å². The topological polar surface area (TPSA) is 0 Å². The zero-order valence-corrected chi connectivity index (χ0v) is 19.5. The van der Waals surface area contributed by atoms with E-state index in [4.69, 9.17) is 0 Å². The van der Waals surface area contributed by atoms with Gasteiger partial charge < -0.3 is 8.97 Å². The summed E-state index contributed by atoms with van der Waals surface area (Å²) in [6.07, 6.45) is 17.4. The number of rotatable bonds is 1. The number of piperidine rings is 1. The molecule has 0 radical (unpaired) electrons. The molecule has 2 heteroatoms. The van der Waals surface area contributed by atoms with Crippen molar-refractivity contribution in [3.63, 3.8) is 0 Å². The third-order valence-corrected chi connectivity index (χ3v) is 11.5. The molecule has 0 amide bonds. The van der Waals surface area contributed by atoms with Crippen molar-refractivity contribution in [3.8, 4) is 0 Å². The van der Waals surface area contributed by atoms with Crippen molar-refractivity contribution in [2.45, 2.75) is 89.6 Å². The lowest BCUT2D eigenvalue weighted by molar-refractivity contribution is -0.952. The van der Waals surface area contributed by atoms with E-state index in [1.54, 1.807) is 0 Å². The number of hydrogen-bond acceptors (Lipinski definition) is 0. The Morgan fingerprint density at radius 2 is 1.61 bits per heavy atom. The Kier molecular flexibility index (Phi) is 4.43. The fourth-order valence-electron chi connectivity index (χ4n) is 9.14. The third kappa shape index (κ3) is 2.59. The number of nitrogens with zero attached hydrogens (tertiary/aromatic N) is 2. The van der Waals surface area contributed by atoms with Crippen molar-refractivity contribution in [1.82, 2.24) is 0 Å². The molecule has 2 aliphatic heterocycles. The SMILES string of the molecule is C[C@]12CC[C@@H]3[C@@H](CC=C4C[C@H]([N+]5(C)CCCC5)CC[C@]43C)[C@@H]1CCC[N+]2(C)C. The van der Waals surface area contributed by atoms with Gasteiger partial charge in [0.15, 0.2) is 0 Å². The van der Waals surface area contributed by atoms with E-state index in [1.165, 1.54) is 92.8 Å². The number of quaternary nitrogens is 2. The van der Waals surface area contributed by atoms with Gasteiger partial charge in [-0.15, -0.1) is 0 Å². The van der Waals surface area contributed by atoms with Crippen LogP contribution in [-0.4, -0.2) is 61.3 Å². The maximum Gasteiger partial charge on any atom is 0.0991 e. The van der Waals surface area contributed by atoms with Crippen LogP contribution in [0.25, 0.3) is 0 Å². The highest BCUT2D eigenvalue weighted by Crippen LogP contribution is 2.62. The maximum atomic E-state index is 2.79. The molecule has 2 heterocycles. The molecule has 0 unspecified atom stereocenters. The van der Waals surface area contributed by atoms with Gasteiger partial charge in [0.05, 0.1) is 52.4 Å². The van der Waals surface area contributed by atoms with Crippen LogP contribution in [0.5, 0.6) is 0 Å². The minimum absolute atomic E-state index is 0.520. The highest BCUT2D eigenvalue weighted by Gasteiger charge is 2.61. The van der Waals surface area contributed by atoms with Crippen LogP contribution in [0.4, 0.5) is 0 Å². The molecule has 0 bridgehead atoms. The summed E-state index contributed by atoms with van der Waals surface area (Å²) >= 11 is 0. The monoisotopic (exact) mass is 386 g/mol. The van der Waals surface area contributed by atoms with Gasteiger partial charge in [-0.25, -0.2) is 0 Å². The summed E-state index contributed by atoms with van der Waals surface area (Å²) in [5.74, 6) is 2.87. The van der Waals surface area contributed by atoms with Crippen molar-refractivity contribution < 1.29 is 8.97 Å². The lowest BCUT2D eigenvalue weighted by Gasteiger charge is -2.64. The summed E-state index contributed by atoms with van der Waals surface area (Å²) in [4.78, 5) is 0. The van der Waals surface area contributed by atoms with Gasteiger partial charge in [-0.1, -0.05) is 18.6 Å². The van der Waals surface area contributed by atoms with Crippen molar-refractivity contribution in [2.75, 3.05) is 40.8 Å². The van der Waals surface area contributed by atoms with Gasteiger partial charge in [0.25, 0.3) is 0 Å². The predicted molar refractivity (Wildman–Crippen MR) is 118 cm³/mol. The minimum atomic E-state index is 0.520. The summed E-state index contributed by atoms with van der Waals surface area (Å²) < 4.78 is 2.65.